The first-order chi connectivity index (χ1) is 7.74. The van der Waals surface area contributed by atoms with Crippen LogP contribution in [-0.2, 0) is 14.3 Å². The zero-order valence-corrected chi connectivity index (χ0v) is 10.5. The Hall–Kier alpha value is -0.830. The minimum absolute atomic E-state index is 0.281. The summed E-state index contributed by atoms with van der Waals surface area (Å²) in [5, 5.41) is 0. The summed E-state index contributed by atoms with van der Waals surface area (Å²) in [5.74, 6) is 0.340. The summed E-state index contributed by atoms with van der Waals surface area (Å²) in [4.78, 5) is 11.0. The number of unbranched alkanes of at least 4 members (excludes halogenated alkanes) is 1. The second kappa shape index (κ2) is 10.7. The summed E-state index contributed by atoms with van der Waals surface area (Å²) in [7, 11) is 0. The van der Waals surface area contributed by atoms with Crippen LogP contribution in [0.5, 0.6) is 0 Å². The molecule has 1 atom stereocenters. The third kappa shape index (κ3) is 8.48. The van der Waals surface area contributed by atoms with Crippen LogP contribution in [0.4, 0.5) is 0 Å². The van der Waals surface area contributed by atoms with E-state index in [0.717, 1.165) is 19.3 Å². The molecule has 0 spiro atoms. The van der Waals surface area contributed by atoms with Crippen molar-refractivity contribution in [2.45, 2.75) is 46.0 Å². The minimum Gasteiger partial charge on any atom is -0.435 e. The highest BCUT2D eigenvalue weighted by atomic mass is 16.5. The van der Waals surface area contributed by atoms with Gasteiger partial charge in [-0.25, -0.2) is 0 Å². The third-order valence-corrected chi connectivity index (χ3v) is 2.56. The molecule has 0 rings (SSSR count). The molecule has 0 aliphatic carbocycles. The SMILES string of the molecule is C=COC(=O)CCOC[C@@H](CC)CCCC. The number of esters is 1. The molecular formula is C13H24O3. The Morgan fingerprint density at radius 2 is 2.19 bits per heavy atom. The van der Waals surface area contributed by atoms with Crippen LogP contribution in [0.15, 0.2) is 12.8 Å². The van der Waals surface area contributed by atoms with Gasteiger partial charge in [-0.3, -0.25) is 4.79 Å². The number of hydrogen-bond donors (Lipinski definition) is 0. The van der Waals surface area contributed by atoms with Gasteiger partial charge in [-0.15, -0.1) is 0 Å². The summed E-state index contributed by atoms with van der Waals surface area (Å²) in [6.07, 6.45) is 6.28. The summed E-state index contributed by atoms with van der Waals surface area (Å²) in [6, 6.07) is 0. The third-order valence-electron chi connectivity index (χ3n) is 2.56. The average Bonchev–Trinajstić information content (AvgIpc) is 2.28. The van der Waals surface area contributed by atoms with Gasteiger partial charge in [-0.05, 0) is 12.3 Å². The van der Waals surface area contributed by atoms with Crippen molar-refractivity contribution in [3.63, 3.8) is 0 Å². The molecule has 0 bridgehead atoms. The van der Waals surface area contributed by atoms with Crippen molar-refractivity contribution < 1.29 is 14.3 Å². The number of hydrogen-bond acceptors (Lipinski definition) is 3. The predicted octanol–water partition coefficient (Wildman–Crippen LogP) is 3.30. The smallest absolute Gasteiger partial charge is 0.312 e. The van der Waals surface area contributed by atoms with Gasteiger partial charge in [0.15, 0.2) is 0 Å². The molecule has 0 N–H and O–H groups in total. The molecule has 0 heterocycles. The lowest BCUT2D eigenvalue weighted by Gasteiger charge is -2.14. The van der Waals surface area contributed by atoms with Crippen molar-refractivity contribution >= 4 is 5.97 Å². The Labute approximate surface area is 98.8 Å². The zero-order chi connectivity index (χ0) is 12.2. The molecule has 0 amide bonds. The summed E-state index contributed by atoms with van der Waals surface area (Å²) in [5.41, 5.74) is 0. The molecule has 0 radical (unpaired) electrons. The first-order valence-electron chi connectivity index (χ1n) is 6.12. The lowest BCUT2D eigenvalue weighted by molar-refractivity contribution is -0.139. The topological polar surface area (TPSA) is 35.5 Å². The van der Waals surface area contributed by atoms with Crippen LogP contribution in [-0.4, -0.2) is 19.2 Å². The van der Waals surface area contributed by atoms with Gasteiger partial charge in [0.1, 0.15) is 0 Å². The van der Waals surface area contributed by atoms with Gasteiger partial charge in [0.2, 0.25) is 0 Å². The van der Waals surface area contributed by atoms with E-state index in [-0.39, 0.29) is 5.97 Å². The van der Waals surface area contributed by atoms with Crippen molar-refractivity contribution in [3.05, 3.63) is 12.8 Å². The molecule has 0 saturated heterocycles. The minimum atomic E-state index is -0.281. The van der Waals surface area contributed by atoms with Crippen LogP contribution < -0.4 is 0 Å². The lowest BCUT2D eigenvalue weighted by atomic mass is 10.0. The standard InChI is InChI=1S/C13H24O3/c1-4-7-8-12(5-2)11-15-10-9-13(14)16-6-3/h6,12H,3-5,7-11H2,1-2H3/t12-/m0/s1. The molecule has 3 heteroatoms. The molecule has 0 aromatic rings. The highest BCUT2D eigenvalue weighted by Gasteiger charge is 2.06. The highest BCUT2D eigenvalue weighted by molar-refractivity contribution is 5.69. The lowest BCUT2D eigenvalue weighted by Crippen LogP contribution is -2.12. The zero-order valence-electron chi connectivity index (χ0n) is 10.5. The first-order valence-corrected chi connectivity index (χ1v) is 6.12. The number of rotatable bonds is 10. The van der Waals surface area contributed by atoms with Crippen LogP contribution in [0.25, 0.3) is 0 Å². The van der Waals surface area contributed by atoms with Gasteiger partial charge < -0.3 is 9.47 Å². The molecule has 0 unspecified atom stereocenters. The Morgan fingerprint density at radius 3 is 2.75 bits per heavy atom. The monoisotopic (exact) mass is 228 g/mol. The van der Waals surface area contributed by atoms with E-state index in [1.807, 2.05) is 0 Å². The molecule has 0 fully saturated rings. The number of carbonyl (C=O) groups excluding carboxylic acids is 1. The summed E-state index contributed by atoms with van der Waals surface area (Å²) < 4.78 is 10.1. The second-order valence-electron chi connectivity index (χ2n) is 3.90. The maximum atomic E-state index is 11.0. The van der Waals surface area contributed by atoms with Crippen LogP contribution >= 0.6 is 0 Å². The number of carbonyl (C=O) groups is 1. The maximum Gasteiger partial charge on any atom is 0.312 e. The fourth-order valence-corrected chi connectivity index (χ4v) is 1.46. The quantitative estimate of drug-likeness (QED) is 0.327. The normalized spacial score (nSPS) is 12.1. The number of ether oxygens (including phenoxy) is 2. The Bertz CT molecular complexity index is 190. The van der Waals surface area contributed by atoms with Gasteiger partial charge in [0, 0.05) is 6.61 Å². The Morgan fingerprint density at radius 1 is 1.44 bits per heavy atom. The fraction of sp³-hybridized carbons (Fsp3) is 0.769. The van der Waals surface area contributed by atoms with E-state index < -0.39 is 0 Å². The van der Waals surface area contributed by atoms with Gasteiger partial charge in [-0.1, -0.05) is 39.7 Å². The van der Waals surface area contributed by atoms with E-state index >= 15 is 0 Å². The molecule has 0 aromatic heterocycles. The van der Waals surface area contributed by atoms with Crippen molar-refractivity contribution in [2.75, 3.05) is 13.2 Å². The van der Waals surface area contributed by atoms with E-state index in [4.69, 9.17) is 4.74 Å². The van der Waals surface area contributed by atoms with Gasteiger partial charge >= 0.3 is 5.97 Å². The fourth-order valence-electron chi connectivity index (χ4n) is 1.46. The Kier molecular flexibility index (Phi) is 10.1. The van der Waals surface area contributed by atoms with Gasteiger partial charge in [0.25, 0.3) is 0 Å². The van der Waals surface area contributed by atoms with Gasteiger partial charge in [-0.2, -0.15) is 0 Å². The second-order valence-corrected chi connectivity index (χ2v) is 3.90. The van der Waals surface area contributed by atoms with Crippen molar-refractivity contribution in [3.8, 4) is 0 Å². The van der Waals surface area contributed by atoms with E-state index in [0.29, 0.717) is 18.9 Å². The molecule has 0 saturated carbocycles. The molecule has 16 heavy (non-hydrogen) atoms. The molecule has 94 valence electrons. The van der Waals surface area contributed by atoms with Gasteiger partial charge in [0.05, 0.1) is 19.3 Å². The van der Waals surface area contributed by atoms with Crippen molar-refractivity contribution in [1.82, 2.24) is 0 Å². The highest BCUT2D eigenvalue weighted by Crippen LogP contribution is 2.12. The molecule has 0 aliphatic heterocycles. The van der Waals surface area contributed by atoms with Crippen LogP contribution in [0.3, 0.4) is 0 Å². The molecular weight excluding hydrogens is 204 g/mol. The summed E-state index contributed by atoms with van der Waals surface area (Å²) >= 11 is 0. The van der Waals surface area contributed by atoms with E-state index in [9.17, 15) is 4.79 Å². The Balaban J connectivity index is 3.46. The molecule has 3 nitrogen and oxygen atoms in total. The largest absolute Gasteiger partial charge is 0.435 e. The van der Waals surface area contributed by atoms with E-state index in [1.54, 1.807) is 0 Å². The molecule has 0 aromatic carbocycles. The van der Waals surface area contributed by atoms with Crippen LogP contribution in [0.1, 0.15) is 46.0 Å². The van der Waals surface area contributed by atoms with Crippen molar-refractivity contribution in [1.29, 1.82) is 0 Å². The first kappa shape index (κ1) is 15.2. The van der Waals surface area contributed by atoms with Crippen LogP contribution in [0, 0.1) is 5.92 Å². The summed E-state index contributed by atoms with van der Waals surface area (Å²) in [6.45, 7) is 8.88. The predicted molar refractivity (Wildman–Crippen MR) is 65.0 cm³/mol. The maximum absolute atomic E-state index is 11.0. The molecule has 0 aliphatic rings. The van der Waals surface area contributed by atoms with E-state index in [2.05, 4.69) is 25.2 Å². The average molecular weight is 228 g/mol. The van der Waals surface area contributed by atoms with Crippen LogP contribution in [0.2, 0.25) is 0 Å². The van der Waals surface area contributed by atoms with E-state index in [1.165, 1.54) is 19.3 Å². The van der Waals surface area contributed by atoms with Crippen molar-refractivity contribution in [2.24, 2.45) is 5.92 Å².